The van der Waals surface area contributed by atoms with Crippen molar-refractivity contribution in [3.63, 3.8) is 0 Å². The Hall–Kier alpha value is -1.78. The topological polar surface area (TPSA) is 65.2 Å². The van der Waals surface area contributed by atoms with E-state index < -0.39 is 5.97 Å². The van der Waals surface area contributed by atoms with Crippen LogP contribution in [0.25, 0.3) is 11.1 Å². The molecular formula is C13H10Cl2N2O2. The maximum atomic E-state index is 11.4. The number of carbonyl (C=O) groups is 1. The average Bonchev–Trinajstić information content (AvgIpc) is 2.36. The predicted molar refractivity (Wildman–Crippen MR) is 75.4 cm³/mol. The maximum Gasteiger partial charge on any atom is 0.358 e. The number of ether oxygens (including phenoxy) is 1. The average molecular weight is 297 g/mol. The summed E-state index contributed by atoms with van der Waals surface area (Å²) in [7, 11) is 1.27. The van der Waals surface area contributed by atoms with Crippen LogP contribution in [-0.4, -0.2) is 18.1 Å². The third kappa shape index (κ3) is 2.97. The van der Waals surface area contributed by atoms with Gasteiger partial charge in [-0.05, 0) is 29.8 Å². The Morgan fingerprint density at radius 3 is 2.32 bits per heavy atom. The molecule has 0 saturated carbocycles. The predicted octanol–water partition coefficient (Wildman–Crippen LogP) is 3.42. The van der Waals surface area contributed by atoms with Crippen molar-refractivity contribution in [2.45, 2.75) is 0 Å². The Bertz CT molecular complexity index is 624. The van der Waals surface area contributed by atoms with Gasteiger partial charge in [0.2, 0.25) is 0 Å². The molecule has 0 aliphatic carbocycles. The first kappa shape index (κ1) is 13.6. The number of nitrogens with zero attached hydrogens (tertiary/aromatic N) is 1. The molecule has 1 aromatic carbocycles. The number of pyridine rings is 1. The highest BCUT2D eigenvalue weighted by molar-refractivity contribution is 6.35. The number of benzene rings is 1. The standard InChI is InChI=1S/C13H10Cl2N2O2/c1-19-13(18)12-11(16)4-8(6-17-12)7-2-9(14)5-10(15)3-7/h2-6H,16H2,1H3. The molecule has 0 bridgehead atoms. The molecule has 19 heavy (non-hydrogen) atoms. The van der Waals surface area contributed by atoms with E-state index >= 15 is 0 Å². The normalized spacial score (nSPS) is 10.3. The minimum absolute atomic E-state index is 0.0828. The summed E-state index contributed by atoms with van der Waals surface area (Å²) in [5.74, 6) is -0.576. The number of nitrogen functional groups attached to an aromatic ring is 1. The highest BCUT2D eigenvalue weighted by Gasteiger charge is 2.13. The van der Waals surface area contributed by atoms with Gasteiger partial charge >= 0.3 is 5.97 Å². The maximum absolute atomic E-state index is 11.4. The number of rotatable bonds is 2. The third-order valence-corrected chi connectivity index (χ3v) is 2.93. The lowest BCUT2D eigenvalue weighted by atomic mass is 10.1. The Balaban J connectivity index is 2.47. The van der Waals surface area contributed by atoms with Crippen LogP contribution in [0.1, 0.15) is 10.5 Å². The van der Waals surface area contributed by atoms with E-state index in [1.165, 1.54) is 13.3 Å². The summed E-state index contributed by atoms with van der Waals surface area (Å²) in [6, 6.07) is 6.73. The molecule has 0 fully saturated rings. The van der Waals surface area contributed by atoms with Gasteiger partial charge < -0.3 is 10.5 Å². The van der Waals surface area contributed by atoms with Crippen LogP contribution in [0.5, 0.6) is 0 Å². The van der Waals surface area contributed by atoms with Gasteiger partial charge in [0.05, 0.1) is 12.8 Å². The van der Waals surface area contributed by atoms with Crippen LogP contribution in [0.15, 0.2) is 30.5 Å². The van der Waals surface area contributed by atoms with Crippen molar-refractivity contribution in [1.29, 1.82) is 0 Å². The molecule has 0 radical (unpaired) electrons. The second-order valence-corrected chi connectivity index (χ2v) is 4.68. The van der Waals surface area contributed by atoms with Gasteiger partial charge in [0.1, 0.15) is 0 Å². The van der Waals surface area contributed by atoms with Crippen molar-refractivity contribution in [3.05, 3.63) is 46.2 Å². The Morgan fingerprint density at radius 2 is 1.79 bits per heavy atom. The highest BCUT2D eigenvalue weighted by atomic mass is 35.5. The molecule has 0 amide bonds. The number of hydrogen-bond donors (Lipinski definition) is 1. The van der Waals surface area contributed by atoms with Crippen molar-refractivity contribution < 1.29 is 9.53 Å². The van der Waals surface area contributed by atoms with Gasteiger partial charge in [0.15, 0.2) is 5.69 Å². The summed E-state index contributed by atoms with van der Waals surface area (Å²) in [6.07, 6.45) is 1.52. The fraction of sp³-hybridized carbons (Fsp3) is 0.0769. The Kier molecular flexibility index (Phi) is 3.93. The van der Waals surface area contributed by atoms with Crippen LogP contribution in [0, 0.1) is 0 Å². The number of carbonyl (C=O) groups excluding carboxylic acids is 1. The zero-order valence-corrected chi connectivity index (χ0v) is 11.5. The first-order valence-corrected chi connectivity index (χ1v) is 6.07. The second-order valence-electron chi connectivity index (χ2n) is 3.81. The molecule has 0 aliphatic heterocycles. The number of hydrogen-bond acceptors (Lipinski definition) is 4. The zero-order chi connectivity index (χ0) is 14.0. The van der Waals surface area contributed by atoms with E-state index in [1.807, 2.05) is 0 Å². The van der Waals surface area contributed by atoms with Crippen molar-refractivity contribution in [2.24, 2.45) is 0 Å². The first-order valence-electron chi connectivity index (χ1n) is 5.31. The molecule has 2 rings (SSSR count). The number of halogens is 2. The summed E-state index contributed by atoms with van der Waals surface area (Å²) in [6.45, 7) is 0. The van der Waals surface area contributed by atoms with Gasteiger partial charge in [-0.2, -0.15) is 0 Å². The van der Waals surface area contributed by atoms with Gasteiger partial charge in [-0.3, -0.25) is 0 Å². The number of nitrogens with two attached hydrogens (primary N) is 1. The minimum Gasteiger partial charge on any atom is -0.464 e. The number of methoxy groups -OCH3 is 1. The summed E-state index contributed by atoms with van der Waals surface area (Å²) >= 11 is 11.9. The van der Waals surface area contributed by atoms with Gasteiger partial charge in [-0.25, -0.2) is 9.78 Å². The van der Waals surface area contributed by atoms with Gasteiger partial charge in [0, 0.05) is 21.8 Å². The molecule has 4 nitrogen and oxygen atoms in total. The van der Waals surface area contributed by atoms with Gasteiger partial charge in [-0.1, -0.05) is 23.2 Å². The summed E-state index contributed by atoms with van der Waals surface area (Å²) in [4.78, 5) is 15.4. The number of aromatic nitrogens is 1. The fourth-order valence-electron chi connectivity index (χ4n) is 1.63. The smallest absolute Gasteiger partial charge is 0.358 e. The number of anilines is 1. The molecule has 0 unspecified atom stereocenters. The van der Waals surface area contributed by atoms with Crippen LogP contribution in [0.2, 0.25) is 10.0 Å². The molecule has 1 heterocycles. The fourth-order valence-corrected chi connectivity index (χ4v) is 2.15. The van der Waals surface area contributed by atoms with E-state index in [9.17, 15) is 4.79 Å². The van der Waals surface area contributed by atoms with E-state index in [0.717, 1.165) is 11.1 Å². The largest absolute Gasteiger partial charge is 0.464 e. The van der Waals surface area contributed by atoms with Crippen LogP contribution in [0.4, 0.5) is 5.69 Å². The van der Waals surface area contributed by atoms with Crippen molar-refractivity contribution in [2.75, 3.05) is 12.8 Å². The van der Waals surface area contributed by atoms with Gasteiger partial charge in [-0.15, -0.1) is 0 Å². The number of esters is 1. The van der Waals surface area contributed by atoms with E-state index in [-0.39, 0.29) is 11.4 Å². The van der Waals surface area contributed by atoms with Gasteiger partial charge in [0.25, 0.3) is 0 Å². The summed E-state index contributed by atoms with van der Waals surface area (Å²) < 4.78 is 4.58. The van der Waals surface area contributed by atoms with E-state index in [2.05, 4.69) is 9.72 Å². The molecule has 1 aromatic heterocycles. The zero-order valence-electron chi connectivity index (χ0n) is 9.98. The minimum atomic E-state index is -0.576. The molecule has 98 valence electrons. The monoisotopic (exact) mass is 296 g/mol. The summed E-state index contributed by atoms with van der Waals surface area (Å²) in [5, 5.41) is 1.02. The first-order chi connectivity index (χ1) is 9.01. The molecule has 2 N–H and O–H groups in total. The molecular weight excluding hydrogens is 287 g/mol. The molecule has 0 saturated heterocycles. The highest BCUT2D eigenvalue weighted by Crippen LogP contribution is 2.28. The summed E-state index contributed by atoms with van der Waals surface area (Å²) in [5.41, 5.74) is 7.59. The van der Waals surface area contributed by atoms with E-state index in [1.54, 1.807) is 24.3 Å². The Labute approximate surface area is 120 Å². The lowest BCUT2D eigenvalue weighted by Gasteiger charge is -2.07. The quantitative estimate of drug-likeness (QED) is 0.862. The molecule has 0 spiro atoms. The molecule has 0 atom stereocenters. The molecule has 0 aliphatic rings. The second kappa shape index (κ2) is 5.47. The van der Waals surface area contributed by atoms with Crippen LogP contribution in [0.3, 0.4) is 0 Å². The molecule has 6 heteroatoms. The van der Waals surface area contributed by atoms with E-state index in [4.69, 9.17) is 28.9 Å². The van der Waals surface area contributed by atoms with E-state index in [0.29, 0.717) is 10.0 Å². The Morgan fingerprint density at radius 1 is 1.16 bits per heavy atom. The van der Waals surface area contributed by atoms with Crippen LogP contribution >= 0.6 is 23.2 Å². The van der Waals surface area contributed by atoms with Crippen LogP contribution < -0.4 is 5.73 Å². The SMILES string of the molecule is COC(=O)c1ncc(-c2cc(Cl)cc(Cl)c2)cc1N. The lowest BCUT2D eigenvalue weighted by molar-refractivity contribution is 0.0595. The van der Waals surface area contributed by atoms with Crippen molar-refractivity contribution in [3.8, 4) is 11.1 Å². The van der Waals surface area contributed by atoms with Crippen LogP contribution in [-0.2, 0) is 4.74 Å². The van der Waals surface area contributed by atoms with Crippen molar-refractivity contribution >= 4 is 34.9 Å². The van der Waals surface area contributed by atoms with Crippen molar-refractivity contribution in [1.82, 2.24) is 4.98 Å². The molecule has 2 aromatic rings. The lowest BCUT2D eigenvalue weighted by Crippen LogP contribution is -2.08. The third-order valence-electron chi connectivity index (χ3n) is 2.49.